The molecule has 0 radical (unpaired) electrons. The Morgan fingerprint density at radius 2 is 1.95 bits per heavy atom. The average Bonchev–Trinajstić information content (AvgIpc) is 2.92. The highest BCUT2D eigenvalue weighted by Crippen LogP contribution is 2.24. The summed E-state index contributed by atoms with van der Waals surface area (Å²) in [5, 5.41) is 4.33. The van der Waals surface area contributed by atoms with Gasteiger partial charge in [-0.05, 0) is 18.6 Å². The Labute approximate surface area is 130 Å². The molecule has 0 aliphatic rings. The number of benzene rings is 1. The number of para-hydroxylation sites is 1. The van der Waals surface area contributed by atoms with Gasteiger partial charge in [-0.15, -0.1) is 0 Å². The Hall–Kier alpha value is -2.62. The molecule has 1 N–H and O–H groups in total. The van der Waals surface area contributed by atoms with Crippen LogP contribution in [0.1, 0.15) is 24.6 Å². The second-order valence-corrected chi connectivity index (χ2v) is 5.17. The van der Waals surface area contributed by atoms with Crippen molar-refractivity contribution in [3.8, 4) is 0 Å². The van der Waals surface area contributed by atoms with E-state index in [1.807, 2.05) is 13.1 Å². The monoisotopic (exact) mass is 292 g/mol. The van der Waals surface area contributed by atoms with E-state index < -0.39 is 0 Å². The second kappa shape index (κ2) is 6.43. The molecule has 0 unspecified atom stereocenters. The largest absolute Gasteiger partial charge is 0.371 e. The highest BCUT2D eigenvalue weighted by Gasteiger charge is 2.05. The van der Waals surface area contributed by atoms with Gasteiger partial charge in [0.15, 0.2) is 5.82 Å². The fraction of sp³-hybridized carbons (Fsp3) is 0.222. The molecule has 0 aliphatic heterocycles. The van der Waals surface area contributed by atoms with Crippen molar-refractivity contribution in [3.63, 3.8) is 0 Å². The van der Waals surface area contributed by atoms with E-state index in [0.29, 0.717) is 0 Å². The molecule has 4 nitrogen and oxygen atoms in total. The molecule has 0 atom stereocenters. The number of anilines is 1. The molecule has 0 saturated heterocycles. The van der Waals surface area contributed by atoms with E-state index in [0.717, 1.165) is 24.5 Å². The average molecular weight is 292 g/mol. The quantitative estimate of drug-likeness (QED) is 0.771. The summed E-state index contributed by atoms with van der Waals surface area (Å²) in [5.41, 5.74) is 3.33. The molecule has 2 heterocycles. The van der Waals surface area contributed by atoms with Gasteiger partial charge in [0.05, 0.1) is 0 Å². The summed E-state index contributed by atoms with van der Waals surface area (Å²) in [7, 11) is 1.86. The third-order valence-corrected chi connectivity index (χ3v) is 3.67. The fourth-order valence-electron chi connectivity index (χ4n) is 2.67. The summed E-state index contributed by atoms with van der Waals surface area (Å²) in [5.74, 6) is 0.788. The molecule has 0 amide bonds. The van der Waals surface area contributed by atoms with Crippen LogP contribution in [-0.2, 0) is 6.54 Å². The molecule has 112 valence electrons. The zero-order chi connectivity index (χ0) is 15.4. The van der Waals surface area contributed by atoms with E-state index in [4.69, 9.17) is 0 Å². The van der Waals surface area contributed by atoms with Crippen LogP contribution in [0.25, 0.3) is 23.1 Å². The molecule has 0 fully saturated rings. The minimum absolute atomic E-state index is 0.788. The van der Waals surface area contributed by atoms with Crippen LogP contribution in [-0.4, -0.2) is 21.6 Å². The van der Waals surface area contributed by atoms with Gasteiger partial charge in [-0.25, -0.2) is 4.98 Å². The summed E-state index contributed by atoms with van der Waals surface area (Å²) >= 11 is 0. The first kappa shape index (κ1) is 14.3. The van der Waals surface area contributed by atoms with Crippen LogP contribution in [0.5, 0.6) is 0 Å². The lowest BCUT2D eigenvalue weighted by Gasteiger charge is -2.01. The van der Waals surface area contributed by atoms with E-state index in [1.165, 1.54) is 16.5 Å². The highest BCUT2D eigenvalue weighted by atomic mass is 15.0. The maximum absolute atomic E-state index is 4.37. The number of fused-ring (bicyclic) bond motifs is 1. The van der Waals surface area contributed by atoms with Crippen LogP contribution < -0.4 is 5.32 Å². The van der Waals surface area contributed by atoms with E-state index in [2.05, 4.69) is 63.3 Å². The van der Waals surface area contributed by atoms with Gasteiger partial charge in [-0.2, -0.15) is 0 Å². The van der Waals surface area contributed by atoms with Gasteiger partial charge < -0.3 is 9.88 Å². The van der Waals surface area contributed by atoms with Crippen molar-refractivity contribution in [2.24, 2.45) is 0 Å². The van der Waals surface area contributed by atoms with Gasteiger partial charge in [-0.1, -0.05) is 31.2 Å². The standard InChI is InChI=1S/C18H20N4/c1-3-12-22-13-14(15-6-4-5-7-17(15)22)8-9-16-18(19-2)21-11-10-20-16/h4-11,13H,3,12H2,1-2H3,(H,19,21)/b9-8+. The molecule has 0 spiro atoms. The number of hydrogen-bond acceptors (Lipinski definition) is 3. The summed E-state index contributed by atoms with van der Waals surface area (Å²) in [4.78, 5) is 8.65. The Morgan fingerprint density at radius 1 is 1.14 bits per heavy atom. The molecular formula is C18H20N4. The SMILES string of the molecule is CCCn1cc(/C=C/c2nccnc2NC)c2ccccc21. The predicted molar refractivity (Wildman–Crippen MR) is 92.7 cm³/mol. The van der Waals surface area contributed by atoms with Crippen molar-refractivity contribution >= 4 is 28.9 Å². The molecule has 22 heavy (non-hydrogen) atoms. The van der Waals surface area contributed by atoms with Gasteiger partial charge in [0, 0.05) is 48.6 Å². The first-order valence-electron chi connectivity index (χ1n) is 7.58. The smallest absolute Gasteiger partial charge is 0.151 e. The molecule has 0 saturated carbocycles. The lowest BCUT2D eigenvalue weighted by atomic mass is 10.1. The van der Waals surface area contributed by atoms with Gasteiger partial charge in [0.25, 0.3) is 0 Å². The summed E-state index contributed by atoms with van der Waals surface area (Å²) in [6, 6.07) is 8.50. The van der Waals surface area contributed by atoms with E-state index >= 15 is 0 Å². The molecule has 0 aliphatic carbocycles. The van der Waals surface area contributed by atoms with Crippen LogP contribution in [0.2, 0.25) is 0 Å². The second-order valence-electron chi connectivity index (χ2n) is 5.17. The van der Waals surface area contributed by atoms with Gasteiger partial charge in [0.1, 0.15) is 5.69 Å². The van der Waals surface area contributed by atoms with Crippen molar-refractivity contribution in [1.29, 1.82) is 0 Å². The maximum atomic E-state index is 4.37. The zero-order valence-electron chi connectivity index (χ0n) is 13.0. The van der Waals surface area contributed by atoms with E-state index in [-0.39, 0.29) is 0 Å². The lowest BCUT2D eigenvalue weighted by Crippen LogP contribution is -1.96. The molecule has 4 heteroatoms. The third-order valence-electron chi connectivity index (χ3n) is 3.67. The third kappa shape index (κ3) is 2.72. The summed E-state index contributed by atoms with van der Waals surface area (Å²) < 4.78 is 2.31. The van der Waals surface area contributed by atoms with Crippen molar-refractivity contribution in [3.05, 3.63) is 54.1 Å². The number of nitrogens with one attached hydrogen (secondary N) is 1. The lowest BCUT2D eigenvalue weighted by molar-refractivity contribution is 0.703. The Morgan fingerprint density at radius 3 is 2.77 bits per heavy atom. The highest BCUT2D eigenvalue weighted by molar-refractivity contribution is 5.92. The fourth-order valence-corrected chi connectivity index (χ4v) is 2.67. The molecule has 3 rings (SSSR count). The predicted octanol–water partition coefficient (Wildman–Crippen LogP) is 4.05. The van der Waals surface area contributed by atoms with Crippen molar-refractivity contribution in [2.45, 2.75) is 19.9 Å². The molecular weight excluding hydrogens is 272 g/mol. The van der Waals surface area contributed by atoms with Crippen molar-refractivity contribution in [1.82, 2.24) is 14.5 Å². The van der Waals surface area contributed by atoms with Gasteiger partial charge in [-0.3, -0.25) is 4.98 Å². The molecule has 2 aromatic heterocycles. The number of rotatable bonds is 5. The molecule has 0 bridgehead atoms. The van der Waals surface area contributed by atoms with Crippen LogP contribution in [0, 0.1) is 0 Å². The van der Waals surface area contributed by atoms with Crippen molar-refractivity contribution < 1.29 is 0 Å². The first-order valence-corrected chi connectivity index (χ1v) is 7.58. The first-order chi connectivity index (χ1) is 10.8. The number of nitrogens with zero attached hydrogens (tertiary/aromatic N) is 3. The summed E-state index contributed by atoms with van der Waals surface area (Å²) in [6.07, 6.45) is 10.9. The Kier molecular flexibility index (Phi) is 4.19. The van der Waals surface area contributed by atoms with Gasteiger partial charge >= 0.3 is 0 Å². The topological polar surface area (TPSA) is 42.7 Å². The Bertz CT molecular complexity index is 802. The zero-order valence-corrected chi connectivity index (χ0v) is 13.0. The normalized spacial score (nSPS) is 11.4. The Balaban J connectivity index is 2.02. The molecule has 1 aromatic carbocycles. The van der Waals surface area contributed by atoms with Crippen LogP contribution in [0.4, 0.5) is 5.82 Å². The van der Waals surface area contributed by atoms with Crippen LogP contribution in [0.3, 0.4) is 0 Å². The summed E-state index contributed by atoms with van der Waals surface area (Å²) in [6.45, 7) is 3.23. The van der Waals surface area contributed by atoms with Crippen LogP contribution in [0.15, 0.2) is 42.9 Å². The minimum atomic E-state index is 0.788. The maximum Gasteiger partial charge on any atom is 0.151 e. The number of aryl methyl sites for hydroxylation is 1. The number of aromatic nitrogens is 3. The minimum Gasteiger partial charge on any atom is -0.371 e. The van der Waals surface area contributed by atoms with Gasteiger partial charge in [0.2, 0.25) is 0 Å². The molecule has 3 aromatic rings. The number of hydrogen-bond donors (Lipinski definition) is 1. The van der Waals surface area contributed by atoms with E-state index in [9.17, 15) is 0 Å². The van der Waals surface area contributed by atoms with E-state index in [1.54, 1.807) is 12.4 Å². The van der Waals surface area contributed by atoms with Crippen LogP contribution >= 0.6 is 0 Å². The van der Waals surface area contributed by atoms with Crippen molar-refractivity contribution in [2.75, 3.05) is 12.4 Å².